The second-order valence-electron chi connectivity index (χ2n) is 3.56. The molecule has 0 spiro atoms. The van der Waals surface area contributed by atoms with Crippen LogP contribution >= 0.6 is 11.8 Å². The zero-order chi connectivity index (χ0) is 12.0. The first-order chi connectivity index (χ1) is 7.59. The summed E-state index contributed by atoms with van der Waals surface area (Å²) in [5, 5.41) is 8.45. The molecule has 0 unspecified atom stereocenters. The maximum atomic E-state index is 10.3. The lowest BCUT2D eigenvalue weighted by molar-refractivity contribution is -0.133. The minimum atomic E-state index is -0.781. The summed E-state index contributed by atoms with van der Waals surface area (Å²) >= 11 is 1.37. The van der Waals surface area contributed by atoms with Gasteiger partial charge in [-0.25, -0.2) is 0 Å². The van der Waals surface area contributed by atoms with E-state index in [9.17, 15) is 4.79 Å². The number of hydrogen-bond donors (Lipinski definition) is 1. The van der Waals surface area contributed by atoms with Crippen LogP contribution in [-0.4, -0.2) is 29.2 Å². The summed E-state index contributed by atoms with van der Waals surface area (Å²) in [7, 11) is 0. The minimum absolute atomic E-state index is 0.135. The second kappa shape index (κ2) is 6.43. The fourth-order valence-corrected chi connectivity index (χ4v) is 1.75. The molecule has 0 heterocycles. The van der Waals surface area contributed by atoms with E-state index in [4.69, 9.17) is 9.84 Å². The van der Waals surface area contributed by atoms with E-state index in [0.29, 0.717) is 12.4 Å². The molecule has 0 aromatic heterocycles. The molecule has 16 heavy (non-hydrogen) atoms. The van der Waals surface area contributed by atoms with Gasteiger partial charge in [0, 0.05) is 5.75 Å². The molecule has 4 heteroatoms. The lowest BCUT2D eigenvalue weighted by atomic mass is 10.1. The summed E-state index contributed by atoms with van der Waals surface area (Å²) in [6.07, 6.45) is 0. The topological polar surface area (TPSA) is 46.5 Å². The predicted molar refractivity (Wildman–Crippen MR) is 66.4 cm³/mol. The number of ether oxygens (including phenoxy) is 1. The van der Waals surface area contributed by atoms with Crippen molar-refractivity contribution in [3.63, 3.8) is 0 Å². The molecule has 0 aliphatic carbocycles. The lowest BCUT2D eigenvalue weighted by Gasteiger charge is -2.09. The minimum Gasteiger partial charge on any atom is -0.492 e. The molecule has 1 N–H and O–H groups in total. The maximum absolute atomic E-state index is 10.3. The van der Waals surface area contributed by atoms with Crippen molar-refractivity contribution in [1.82, 2.24) is 0 Å². The molecule has 1 aromatic carbocycles. The van der Waals surface area contributed by atoms with Gasteiger partial charge in [-0.3, -0.25) is 4.79 Å². The molecule has 0 saturated carbocycles. The van der Waals surface area contributed by atoms with Crippen LogP contribution in [-0.2, 0) is 4.79 Å². The molecule has 0 radical (unpaired) electrons. The highest BCUT2D eigenvalue weighted by atomic mass is 32.2. The number of aliphatic carboxylic acids is 1. The van der Waals surface area contributed by atoms with Crippen LogP contribution in [0.5, 0.6) is 5.75 Å². The van der Waals surface area contributed by atoms with Crippen molar-refractivity contribution in [2.45, 2.75) is 13.8 Å². The molecule has 0 saturated heterocycles. The van der Waals surface area contributed by atoms with Gasteiger partial charge in [0.25, 0.3) is 0 Å². The number of thioether (sulfide) groups is 1. The molecule has 0 aliphatic rings. The van der Waals surface area contributed by atoms with Gasteiger partial charge in [0.1, 0.15) is 5.75 Å². The smallest absolute Gasteiger partial charge is 0.313 e. The number of hydrogen-bond acceptors (Lipinski definition) is 3. The van der Waals surface area contributed by atoms with Gasteiger partial charge in [-0.1, -0.05) is 12.1 Å². The highest BCUT2D eigenvalue weighted by Crippen LogP contribution is 2.19. The monoisotopic (exact) mass is 240 g/mol. The third-order valence-corrected chi connectivity index (χ3v) is 2.96. The van der Waals surface area contributed by atoms with Crippen LogP contribution in [0.25, 0.3) is 0 Å². The van der Waals surface area contributed by atoms with E-state index < -0.39 is 5.97 Å². The summed E-state index contributed by atoms with van der Waals surface area (Å²) in [4.78, 5) is 10.3. The van der Waals surface area contributed by atoms with Crippen molar-refractivity contribution in [3.8, 4) is 5.75 Å². The summed E-state index contributed by atoms with van der Waals surface area (Å²) in [6.45, 7) is 4.56. The predicted octanol–water partition coefficient (Wildman–Crippen LogP) is 2.50. The number of carboxylic acids is 1. The van der Waals surface area contributed by atoms with Crippen LogP contribution in [0.15, 0.2) is 18.2 Å². The Morgan fingerprint density at radius 3 is 2.88 bits per heavy atom. The van der Waals surface area contributed by atoms with Crippen LogP contribution in [0.3, 0.4) is 0 Å². The van der Waals surface area contributed by atoms with E-state index in [1.807, 2.05) is 32.0 Å². The van der Waals surface area contributed by atoms with E-state index in [0.717, 1.165) is 11.3 Å². The fourth-order valence-electron chi connectivity index (χ4n) is 1.23. The zero-order valence-corrected chi connectivity index (χ0v) is 10.3. The molecule has 0 fully saturated rings. The highest BCUT2D eigenvalue weighted by molar-refractivity contribution is 7.99. The molecule has 88 valence electrons. The van der Waals surface area contributed by atoms with Crippen LogP contribution in [0, 0.1) is 13.8 Å². The number of rotatable bonds is 6. The Labute approximate surface area is 99.8 Å². The van der Waals surface area contributed by atoms with Crippen LogP contribution < -0.4 is 4.74 Å². The van der Waals surface area contributed by atoms with Crippen molar-refractivity contribution in [2.75, 3.05) is 18.1 Å². The Hall–Kier alpha value is -1.16. The third-order valence-electron chi connectivity index (χ3n) is 2.05. The average molecular weight is 240 g/mol. The number of benzene rings is 1. The van der Waals surface area contributed by atoms with E-state index in [1.54, 1.807) is 0 Å². The Morgan fingerprint density at radius 1 is 1.44 bits per heavy atom. The standard InChI is InChI=1S/C12H16O3S/c1-9-3-4-10(2)11(7-9)15-5-6-16-8-12(13)14/h3-4,7H,5-6,8H2,1-2H3,(H,13,14). The van der Waals surface area contributed by atoms with Gasteiger partial charge in [0.2, 0.25) is 0 Å². The SMILES string of the molecule is Cc1ccc(C)c(OCCSCC(=O)O)c1. The van der Waals surface area contributed by atoms with Crippen molar-refractivity contribution < 1.29 is 14.6 Å². The van der Waals surface area contributed by atoms with E-state index in [2.05, 4.69) is 0 Å². The first-order valence-corrected chi connectivity index (χ1v) is 6.24. The van der Waals surface area contributed by atoms with Gasteiger partial charge in [-0.05, 0) is 31.0 Å². The first kappa shape index (κ1) is 12.9. The van der Waals surface area contributed by atoms with E-state index in [-0.39, 0.29) is 5.75 Å². The van der Waals surface area contributed by atoms with E-state index >= 15 is 0 Å². The quantitative estimate of drug-likeness (QED) is 0.776. The van der Waals surface area contributed by atoms with Crippen molar-refractivity contribution >= 4 is 17.7 Å². The molecular formula is C12H16O3S. The van der Waals surface area contributed by atoms with Crippen molar-refractivity contribution in [3.05, 3.63) is 29.3 Å². The lowest BCUT2D eigenvalue weighted by Crippen LogP contribution is -2.05. The van der Waals surface area contributed by atoms with Crippen LogP contribution in [0.2, 0.25) is 0 Å². The molecule has 1 rings (SSSR count). The normalized spacial score (nSPS) is 10.1. The Bertz CT molecular complexity index is 363. The average Bonchev–Trinajstić information content (AvgIpc) is 2.22. The van der Waals surface area contributed by atoms with Gasteiger partial charge in [-0.15, -0.1) is 11.8 Å². The maximum Gasteiger partial charge on any atom is 0.313 e. The Morgan fingerprint density at radius 2 is 2.19 bits per heavy atom. The van der Waals surface area contributed by atoms with Crippen LogP contribution in [0.4, 0.5) is 0 Å². The van der Waals surface area contributed by atoms with Gasteiger partial charge in [-0.2, -0.15) is 0 Å². The molecular weight excluding hydrogens is 224 g/mol. The molecule has 0 amide bonds. The summed E-state index contributed by atoms with van der Waals surface area (Å²) in [5.41, 5.74) is 2.27. The number of carboxylic acid groups (broad SMARTS) is 1. The van der Waals surface area contributed by atoms with Crippen molar-refractivity contribution in [2.24, 2.45) is 0 Å². The second-order valence-corrected chi connectivity index (χ2v) is 4.67. The largest absolute Gasteiger partial charge is 0.492 e. The number of carbonyl (C=O) groups is 1. The molecule has 1 aromatic rings. The summed E-state index contributed by atoms with van der Waals surface area (Å²) in [5.74, 6) is 0.934. The van der Waals surface area contributed by atoms with Gasteiger partial charge < -0.3 is 9.84 Å². The highest BCUT2D eigenvalue weighted by Gasteiger charge is 2.00. The van der Waals surface area contributed by atoms with Gasteiger partial charge in [0.15, 0.2) is 0 Å². The molecule has 3 nitrogen and oxygen atoms in total. The summed E-state index contributed by atoms with van der Waals surface area (Å²) in [6, 6.07) is 6.06. The molecule has 0 aliphatic heterocycles. The van der Waals surface area contributed by atoms with Crippen LogP contribution in [0.1, 0.15) is 11.1 Å². The van der Waals surface area contributed by atoms with Gasteiger partial charge in [0.05, 0.1) is 12.4 Å². The Kier molecular flexibility index (Phi) is 5.19. The van der Waals surface area contributed by atoms with Crippen molar-refractivity contribution in [1.29, 1.82) is 0 Å². The molecule has 0 bridgehead atoms. The first-order valence-electron chi connectivity index (χ1n) is 5.09. The number of aryl methyl sites for hydroxylation is 2. The summed E-state index contributed by atoms with van der Waals surface area (Å²) < 4.78 is 5.59. The van der Waals surface area contributed by atoms with Gasteiger partial charge >= 0.3 is 5.97 Å². The fraction of sp³-hybridized carbons (Fsp3) is 0.417. The molecule has 0 atom stereocenters. The Balaban J connectivity index is 2.31. The third kappa shape index (κ3) is 4.57. The zero-order valence-electron chi connectivity index (χ0n) is 9.53. The van der Waals surface area contributed by atoms with E-state index in [1.165, 1.54) is 17.3 Å².